The zero-order valence-electron chi connectivity index (χ0n) is 22.0. The molecule has 1 amide bonds. The van der Waals surface area contributed by atoms with Crippen LogP contribution in [0.3, 0.4) is 0 Å². The van der Waals surface area contributed by atoms with Crippen molar-refractivity contribution in [3.05, 3.63) is 60.9 Å². The maximum atomic E-state index is 13.5. The Morgan fingerprint density at radius 2 is 2.00 bits per heavy atom. The Labute approximate surface area is 220 Å². The summed E-state index contributed by atoms with van der Waals surface area (Å²) in [6, 6.07) is 11.0. The van der Waals surface area contributed by atoms with Crippen molar-refractivity contribution in [3.8, 4) is 5.75 Å². The second-order valence-corrected chi connectivity index (χ2v) is 13.0. The number of hydrogen-bond acceptors (Lipinski definition) is 7. The number of carbonyl (C=O) groups excluding carboxylic acids is 1. The minimum atomic E-state index is -1.73. The third-order valence-electron chi connectivity index (χ3n) is 6.30. The number of rotatable bonds is 8. The average molecular weight is 532 g/mol. The summed E-state index contributed by atoms with van der Waals surface area (Å²) in [6.07, 6.45) is 2.48. The van der Waals surface area contributed by atoms with Crippen LogP contribution in [0.15, 0.2) is 55.3 Å². The number of likely N-dealkylation sites (tertiary alicyclic amines) is 1. The predicted octanol–water partition coefficient (Wildman–Crippen LogP) is 5.23. The first-order valence-electron chi connectivity index (χ1n) is 12.1. The van der Waals surface area contributed by atoms with Gasteiger partial charge in [0, 0.05) is 38.4 Å². The number of ether oxygens (including phenoxy) is 3. The van der Waals surface area contributed by atoms with E-state index >= 15 is 0 Å². The third-order valence-corrected chi connectivity index (χ3v) is 7.36. The summed E-state index contributed by atoms with van der Waals surface area (Å²) in [7, 11) is 0.0909. The van der Waals surface area contributed by atoms with Gasteiger partial charge in [-0.1, -0.05) is 51.6 Å². The molecule has 0 radical (unpaired) electrons. The molecule has 0 bridgehead atoms. The summed E-state index contributed by atoms with van der Waals surface area (Å²) in [6.45, 7) is 14.8. The van der Waals surface area contributed by atoms with E-state index < -0.39 is 27.0 Å². The highest BCUT2D eigenvalue weighted by molar-refractivity contribution is 7.79. The quantitative estimate of drug-likeness (QED) is 0.262. The molecular weight excluding hydrogens is 494 g/mol. The molecule has 8 nitrogen and oxygen atoms in total. The first kappa shape index (κ1) is 27.9. The molecule has 0 aliphatic carbocycles. The molecule has 1 aliphatic rings. The monoisotopic (exact) mass is 531 g/mol. The Hall–Kier alpha value is -2.69. The minimum absolute atomic E-state index is 0.0700. The molecule has 1 fully saturated rings. The van der Waals surface area contributed by atoms with Crippen LogP contribution in [-0.4, -0.2) is 53.9 Å². The highest BCUT2D eigenvalue weighted by Crippen LogP contribution is 2.50. The molecule has 0 spiro atoms. The molecular formula is C26H37N3O5SSi. The van der Waals surface area contributed by atoms with Crippen molar-refractivity contribution in [1.29, 1.82) is 0 Å². The Morgan fingerprint density at radius 3 is 2.56 bits per heavy atom. The minimum Gasteiger partial charge on any atom is -0.445 e. The van der Waals surface area contributed by atoms with E-state index in [2.05, 4.69) is 45.5 Å². The number of amides is 1. The van der Waals surface area contributed by atoms with Gasteiger partial charge >= 0.3 is 11.3 Å². The van der Waals surface area contributed by atoms with Gasteiger partial charge in [-0.2, -0.15) is 5.10 Å². The van der Waals surface area contributed by atoms with Crippen molar-refractivity contribution in [1.82, 2.24) is 14.7 Å². The fourth-order valence-corrected chi connectivity index (χ4v) is 5.84. The number of benzene rings is 1. The molecule has 3 rings (SSSR count). The molecule has 1 aliphatic heterocycles. The van der Waals surface area contributed by atoms with Crippen molar-refractivity contribution < 1.29 is 23.4 Å². The summed E-state index contributed by atoms with van der Waals surface area (Å²) in [5.74, 6) is 0.671. The van der Waals surface area contributed by atoms with Crippen LogP contribution < -0.4 is 4.74 Å². The van der Waals surface area contributed by atoms with Gasteiger partial charge in [0.1, 0.15) is 12.4 Å². The highest BCUT2D eigenvalue weighted by Gasteiger charge is 2.59. The lowest BCUT2D eigenvalue weighted by atomic mass is 9.78. The first-order valence-corrected chi connectivity index (χ1v) is 15.3. The van der Waals surface area contributed by atoms with Gasteiger partial charge in [-0.3, -0.25) is 9.58 Å². The molecule has 0 N–H and O–H groups in total. The van der Waals surface area contributed by atoms with E-state index in [9.17, 15) is 4.79 Å². The maximum Gasteiger partial charge on any atom is 0.412 e. The summed E-state index contributed by atoms with van der Waals surface area (Å²) in [5.41, 5.74) is -0.563. The Bertz CT molecular complexity index is 1060. The van der Waals surface area contributed by atoms with Crippen molar-refractivity contribution >= 4 is 32.6 Å². The van der Waals surface area contributed by atoms with Crippen LogP contribution in [0.5, 0.6) is 5.75 Å². The van der Waals surface area contributed by atoms with E-state index in [-0.39, 0.29) is 23.2 Å². The number of carbonyl (C=O) groups is 1. The predicted molar refractivity (Wildman–Crippen MR) is 145 cm³/mol. The van der Waals surface area contributed by atoms with Gasteiger partial charge in [0.2, 0.25) is 0 Å². The average Bonchev–Trinajstić information content (AvgIpc) is 3.40. The zero-order chi connectivity index (χ0) is 26.5. The Morgan fingerprint density at radius 1 is 1.31 bits per heavy atom. The third kappa shape index (κ3) is 6.35. The SMILES string of the molecule is C=CCOC(=O)N1C[C@@H](C(C)(C)C)C[C@]1(O[SiH](C)C)C(OC(=S)Oc1ccccc1)c1ccnn1C. The summed E-state index contributed by atoms with van der Waals surface area (Å²) >= 11 is 5.54. The van der Waals surface area contributed by atoms with Crippen molar-refractivity contribution in [2.75, 3.05) is 13.2 Å². The number of nitrogens with zero attached hydrogens (tertiary/aromatic N) is 3. The molecule has 1 unspecified atom stereocenters. The summed E-state index contributed by atoms with van der Waals surface area (Å²) in [5, 5.41) is 4.29. The Kier molecular flexibility index (Phi) is 8.97. The highest BCUT2D eigenvalue weighted by atomic mass is 32.1. The maximum absolute atomic E-state index is 13.5. The van der Waals surface area contributed by atoms with Gasteiger partial charge in [-0.15, -0.1) is 0 Å². The topological polar surface area (TPSA) is 75.1 Å². The molecule has 1 aromatic carbocycles. The molecule has 1 aromatic heterocycles. The van der Waals surface area contributed by atoms with E-state index in [4.69, 9.17) is 30.9 Å². The van der Waals surface area contributed by atoms with E-state index in [0.717, 1.165) is 0 Å². The molecule has 3 atom stereocenters. The van der Waals surface area contributed by atoms with Crippen molar-refractivity contribution in [2.24, 2.45) is 18.4 Å². The van der Waals surface area contributed by atoms with Crippen LogP contribution in [0, 0.1) is 11.3 Å². The number of para-hydroxylation sites is 1. The molecule has 0 saturated carbocycles. The standard InChI is InChI=1S/C26H37N3O5SSi/c1-8-16-31-23(30)29-18-19(25(2,3)4)17-26(29,34-36(6)7)22(21-14-15-27-28(21)5)33-24(35)32-20-12-10-9-11-13-20/h8-15,19,22,36H,1,16-18H2,2-7H3/t19-,22?,26-/m0/s1. The van der Waals surface area contributed by atoms with Gasteiger partial charge in [-0.05, 0) is 42.6 Å². The number of aryl methyl sites for hydroxylation is 1. The fraction of sp³-hybridized carbons (Fsp3) is 0.500. The normalized spacial score (nSPS) is 20.8. The lowest BCUT2D eigenvalue weighted by molar-refractivity contribution is -0.135. The van der Waals surface area contributed by atoms with Crippen LogP contribution in [0.25, 0.3) is 0 Å². The lowest BCUT2D eigenvalue weighted by Crippen LogP contribution is -2.56. The van der Waals surface area contributed by atoms with Gasteiger partial charge in [0.25, 0.3) is 0 Å². The molecule has 36 heavy (non-hydrogen) atoms. The zero-order valence-corrected chi connectivity index (χ0v) is 23.9. The van der Waals surface area contributed by atoms with Crippen LogP contribution >= 0.6 is 12.2 Å². The van der Waals surface area contributed by atoms with Gasteiger partial charge in [0.15, 0.2) is 20.9 Å². The Balaban J connectivity index is 2.10. The van der Waals surface area contributed by atoms with E-state index in [0.29, 0.717) is 24.4 Å². The number of aromatic nitrogens is 2. The molecule has 2 aromatic rings. The van der Waals surface area contributed by atoms with Crippen LogP contribution in [0.4, 0.5) is 4.79 Å². The van der Waals surface area contributed by atoms with E-state index in [1.807, 2.05) is 31.3 Å². The second-order valence-electron chi connectivity index (χ2n) is 10.3. The first-order chi connectivity index (χ1) is 17.0. The largest absolute Gasteiger partial charge is 0.445 e. The van der Waals surface area contributed by atoms with E-state index in [1.165, 1.54) is 0 Å². The van der Waals surface area contributed by atoms with Gasteiger partial charge in [-0.25, -0.2) is 4.79 Å². The molecule has 196 valence electrons. The van der Waals surface area contributed by atoms with Crippen molar-refractivity contribution in [3.63, 3.8) is 0 Å². The molecule has 10 heteroatoms. The van der Waals surface area contributed by atoms with Gasteiger partial charge in [0.05, 0.1) is 5.69 Å². The molecule has 2 heterocycles. The van der Waals surface area contributed by atoms with Gasteiger partial charge < -0.3 is 18.6 Å². The van der Waals surface area contributed by atoms with Crippen LogP contribution in [-0.2, 0) is 20.9 Å². The van der Waals surface area contributed by atoms with Crippen molar-refractivity contribution in [2.45, 2.75) is 52.1 Å². The second kappa shape index (κ2) is 11.6. The number of thiocarbonyl (C=S) groups is 1. The lowest BCUT2D eigenvalue weighted by Gasteiger charge is -2.44. The smallest absolute Gasteiger partial charge is 0.412 e. The number of hydrogen-bond donors (Lipinski definition) is 0. The van der Waals surface area contributed by atoms with E-state index in [1.54, 1.807) is 34.0 Å². The van der Waals surface area contributed by atoms with Crippen LogP contribution in [0.2, 0.25) is 13.1 Å². The van der Waals surface area contributed by atoms with Crippen LogP contribution in [0.1, 0.15) is 39.0 Å². The fourth-order valence-electron chi connectivity index (χ4n) is 4.48. The molecule has 1 saturated heterocycles. The summed E-state index contributed by atoms with van der Waals surface area (Å²) in [4.78, 5) is 15.1. The summed E-state index contributed by atoms with van der Waals surface area (Å²) < 4.78 is 26.3.